The van der Waals surface area contributed by atoms with Crippen LogP contribution in [0.2, 0.25) is 0 Å². The summed E-state index contributed by atoms with van der Waals surface area (Å²) in [6.45, 7) is 3.07. The number of alkyl halides is 1. The molecule has 0 radical (unpaired) electrons. The maximum atomic E-state index is 12.9. The minimum atomic E-state index is -3.39. The van der Waals surface area contributed by atoms with Gasteiger partial charge in [-0.2, -0.15) is 4.31 Å². The largest absolute Gasteiger partial charge is 0.243 e. The topological polar surface area (TPSA) is 37.4 Å². The normalized spacial score (nSPS) is 23.3. The van der Waals surface area contributed by atoms with Gasteiger partial charge in [-0.05, 0) is 25.0 Å². The Morgan fingerprint density at radius 2 is 2.05 bits per heavy atom. The highest BCUT2D eigenvalue weighted by atomic mass is 35.5. The third kappa shape index (κ3) is 2.63. The third-order valence-electron chi connectivity index (χ3n) is 3.91. The van der Waals surface area contributed by atoms with E-state index in [1.165, 1.54) is 0 Å². The summed E-state index contributed by atoms with van der Waals surface area (Å²) in [6.07, 6.45) is 0.688. The molecule has 3 nitrogen and oxygen atoms in total. The van der Waals surface area contributed by atoms with Gasteiger partial charge in [-0.1, -0.05) is 12.1 Å². The first-order valence-corrected chi connectivity index (χ1v) is 10.9. The van der Waals surface area contributed by atoms with Gasteiger partial charge in [0.25, 0.3) is 0 Å². The summed E-state index contributed by atoms with van der Waals surface area (Å²) in [4.78, 5) is 0.491. The molecular weight excluding hydrogens is 346 g/mol. The molecule has 0 atom stereocenters. The van der Waals surface area contributed by atoms with E-state index >= 15 is 0 Å². The lowest BCUT2D eigenvalue weighted by atomic mass is 10.0. The minimum Gasteiger partial charge on any atom is -0.207 e. The Morgan fingerprint density at radius 1 is 1.33 bits per heavy atom. The van der Waals surface area contributed by atoms with Crippen LogP contribution < -0.4 is 0 Å². The van der Waals surface area contributed by atoms with Crippen LogP contribution >= 0.6 is 35.1 Å². The molecule has 0 amide bonds. The number of aryl methyl sites for hydroxylation is 1. The molecular formula is C14H18ClNO2S3. The van der Waals surface area contributed by atoms with E-state index < -0.39 is 10.0 Å². The first-order chi connectivity index (χ1) is 10.0. The molecule has 1 aromatic carbocycles. The predicted octanol–water partition coefficient (Wildman–Crippen LogP) is 3.26. The monoisotopic (exact) mass is 363 g/mol. The number of halogens is 1. The highest BCUT2D eigenvalue weighted by molar-refractivity contribution is 8.20. The number of thioether (sulfide) groups is 2. The molecule has 1 fully saturated rings. The van der Waals surface area contributed by atoms with Gasteiger partial charge in [0.15, 0.2) is 0 Å². The Bertz CT molecular complexity index is 642. The Labute approximate surface area is 139 Å². The van der Waals surface area contributed by atoms with Crippen molar-refractivity contribution in [2.45, 2.75) is 22.3 Å². The third-order valence-corrected chi connectivity index (χ3v) is 9.45. The zero-order chi connectivity index (χ0) is 15.1. The summed E-state index contributed by atoms with van der Waals surface area (Å²) in [5.41, 5.74) is 2.09. The van der Waals surface area contributed by atoms with Crippen LogP contribution in [0.5, 0.6) is 0 Å². The van der Waals surface area contributed by atoms with Crippen molar-refractivity contribution < 1.29 is 8.42 Å². The molecule has 0 aromatic heterocycles. The SMILES string of the molecule is Cc1cccc2c1C1(CN(CCCCl)S2(=O)=O)SCCS1. The summed E-state index contributed by atoms with van der Waals surface area (Å²) in [5, 5.41) is 0. The molecule has 3 rings (SSSR count). The second-order valence-corrected chi connectivity index (χ2v) is 10.6. The number of nitrogens with zero attached hydrogens (tertiary/aromatic N) is 1. The summed E-state index contributed by atoms with van der Waals surface area (Å²) >= 11 is 9.53. The molecule has 1 aromatic rings. The average molecular weight is 364 g/mol. The standard InChI is InChI=1S/C14H18ClNO2S3/c1-11-4-2-5-12-13(11)14(19-8-9-20-14)10-16(7-3-6-15)21(12,17)18/h2,4-5H,3,6-10H2,1H3. The number of sulfonamides is 1. The molecule has 0 unspecified atom stereocenters. The van der Waals surface area contributed by atoms with Crippen LogP contribution in [0.3, 0.4) is 0 Å². The Hall–Kier alpha value is 0.120. The fraction of sp³-hybridized carbons (Fsp3) is 0.571. The molecule has 2 aliphatic heterocycles. The van der Waals surface area contributed by atoms with Crippen molar-refractivity contribution in [1.29, 1.82) is 0 Å². The quantitative estimate of drug-likeness (QED) is 0.772. The number of fused-ring (bicyclic) bond motifs is 2. The van der Waals surface area contributed by atoms with E-state index in [0.29, 0.717) is 30.3 Å². The van der Waals surface area contributed by atoms with Crippen molar-refractivity contribution in [3.63, 3.8) is 0 Å². The van der Waals surface area contributed by atoms with Crippen molar-refractivity contribution in [1.82, 2.24) is 4.31 Å². The first kappa shape index (κ1) is 16.0. The van der Waals surface area contributed by atoms with Gasteiger partial charge in [-0.25, -0.2) is 8.42 Å². The maximum Gasteiger partial charge on any atom is 0.243 e. The summed E-state index contributed by atoms with van der Waals surface area (Å²) in [7, 11) is -3.39. The molecule has 21 heavy (non-hydrogen) atoms. The molecule has 1 spiro atoms. The highest BCUT2D eigenvalue weighted by Crippen LogP contribution is 2.57. The number of rotatable bonds is 3. The van der Waals surface area contributed by atoms with Crippen molar-refractivity contribution in [3.8, 4) is 0 Å². The number of hydrogen-bond donors (Lipinski definition) is 0. The van der Waals surface area contributed by atoms with Gasteiger partial charge in [-0.15, -0.1) is 35.1 Å². The molecule has 0 bridgehead atoms. The highest BCUT2D eigenvalue weighted by Gasteiger charge is 2.49. The molecule has 0 saturated carbocycles. The van der Waals surface area contributed by atoms with Crippen LogP contribution in [0.15, 0.2) is 23.1 Å². The van der Waals surface area contributed by atoms with E-state index in [0.717, 1.165) is 22.6 Å². The number of hydrogen-bond acceptors (Lipinski definition) is 4. The smallest absolute Gasteiger partial charge is 0.207 e. The van der Waals surface area contributed by atoms with Crippen LogP contribution in [0, 0.1) is 6.92 Å². The van der Waals surface area contributed by atoms with E-state index in [-0.39, 0.29) is 4.08 Å². The second-order valence-electron chi connectivity index (χ2n) is 5.28. The van der Waals surface area contributed by atoms with Gasteiger partial charge < -0.3 is 0 Å². The lowest BCUT2D eigenvalue weighted by molar-refractivity contribution is 0.389. The minimum absolute atomic E-state index is 0.141. The van der Waals surface area contributed by atoms with Crippen LogP contribution in [0.1, 0.15) is 17.5 Å². The molecule has 0 aliphatic carbocycles. The fourth-order valence-corrected chi connectivity index (χ4v) is 8.76. The van der Waals surface area contributed by atoms with Gasteiger partial charge >= 0.3 is 0 Å². The molecule has 116 valence electrons. The molecule has 0 N–H and O–H groups in total. The van der Waals surface area contributed by atoms with E-state index in [1.54, 1.807) is 10.4 Å². The van der Waals surface area contributed by atoms with Crippen molar-refractivity contribution in [2.24, 2.45) is 0 Å². The number of benzene rings is 1. The Kier molecular flexibility index (Phi) is 4.54. The van der Waals surface area contributed by atoms with Gasteiger partial charge in [0.2, 0.25) is 10.0 Å². The van der Waals surface area contributed by atoms with Gasteiger partial charge in [0, 0.05) is 36.0 Å². The predicted molar refractivity (Wildman–Crippen MR) is 91.9 cm³/mol. The average Bonchev–Trinajstić information content (AvgIpc) is 2.91. The second kappa shape index (κ2) is 5.96. The van der Waals surface area contributed by atoms with E-state index in [4.69, 9.17) is 11.6 Å². The van der Waals surface area contributed by atoms with E-state index in [2.05, 4.69) is 0 Å². The fourth-order valence-electron chi connectivity index (χ4n) is 3.00. The molecule has 2 aliphatic rings. The van der Waals surface area contributed by atoms with Crippen LogP contribution in [-0.2, 0) is 14.1 Å². The van der Waals surface area contributed by atoms with Crippen LogP contribution in [-0.4, -0.2) is 43.2 Å². The Balaban J connectivity index is 2.15. The zero-order valence-corrected chi connectivity index (χ0v) is 15.0. The zero-order valence-electron chi connectivity index (χ0n) is 11.8. The van der Waals surface area contributed by atoms with Gasteiger partial charge in [0.05, 0.1) is 4.90 Å². The lowest BCUT2D eigenvalue weighted by Gasteiger charge is -2.40. The van der Waals surface area contributed by atoms with Crippen molar-refractivity contribution >= 4 is 45.1 Å². The van der Waals surface area contributed by atoms with Gasteiger partial charge in [0.1, 0.15) is 4.08 Å². The first-order valence-electron chi connectivity index (χ1n) is 6.95. The van der Waals surface area contributed by atoms with Crippen molar-refractivity contribution in [3.05, 3.63) is 29.3 Å². The summed E-state index contributed by atoms with van der Waals surface area (Å²) < 4.78 is 27.2. The van der Waals surface area contributed by atoms with Crippen LogP contribution in [0.4, 0.5) is 0 Å². The molecule has 2 heterocycles. The van der Waals surface area contributed by atoms with Crippen LogP contribution in [0.25, 0.3) is 0 Å². The maximum absolute atomic E-state index is 12.9. The van der Waals surface area contributed by atoms with Gasteiger partial charge in [-0.3, -0.25) is 0 Å². The summed E-state index contributed by atoms with van der Waals surface area (Å²) in [5.74, 6) is 2.63. The molecule has 7 heteroatoms. The summed E-state index contributed by atoms with van der Waals surface area (Å²) in [6, 6.07) is 5.62. The van der Waals surface area contributed by atoms with E-state index in [9.17, 15) is 8.42 Å². The van der Waals surface area contributed by atoms with E-state index in [1.807, 2.05) is 42.6 Å². The lowest BCUT2D eigenvalue weighted by Crippen LogP contribution is -2.46. The van der Waals surface area contributed by atoms with Crippen molar-refractivity contribution in [2.75, 3.05) is 30.5 Å². The Morgan fingerprint density at radius 3 is 2.71 bits per heavy atom. The molecule has 1 saturated heterocycles.